The maximum Gasteiger partial charge on any atom is 0.322 e. The highest BCUT2D eigenvalue weighted by atomic mass is 16.5. The molecule has 1 fully saturated rings. The Kier molecular flexibility index (Phi) is 5.58. The number of nitrogens with zero attached hydrogens (tertiary/aromatic N) is 2. The predicted molar refractivity (Wildman–Crippen MR) is 98.3 cm³/mol. The molecule has 4 amide bonds. The van der Waals surface area contributed by atoms with Gasteiger partial charge in [-0.3, -0.25) is 14.9 Å². The number of fused-ring (bicyclic) bond motifs is 1. The second kappa shape index (κ2) is 8.07. The molecule has 2 aromatic rings. The molecule has 0 bridgehead atoms. The largest absolute Gasteiger partial charge is 0.497 e. The normalized spacial score (nSPS) is 17.2. The molecule has 1 saturated heterocycles. The molecule has 1 aromatic carbocycles. The van der Waals surface area contributed by atoms with Gasteiger partial charge in [0.15, 0.2) is 0 Å². The minimum absolute atomic E-state index is 0.137. The molecule has 1 atom stereocenters. The van der Waals surface area contributed by atoms with Crippen molar-refractivity contribution in [1.82, 2.24) is 25.5 Å². The third kappa shape index (κ3) is 4.36. The highest BCUT2D eigenvalue weighted by molar-refractivity contribution is 5.98. The zero-order valence-corrected chi connectivity index (χ0v) is 15.4. The van der Waals surface area contributed by atoms with Crippen LogP contribution in [0.25, 0.3) is 11.0 Å². The summed E-state index contributed by atoms with van der Waals surface area (Å²) in [6, 6.07) is 4.27. The number of hydrogen-bond acceptors (Lipinski definition) is 5. The first-order valence-electron chi connectivity index (χ1n) is 8.92. The lowest BCUT2D eigenvalue weighted by Crippen LogP contribution is -2.50. The maximum absolute atomic E-state index is 12.7. The van der Waals surface area contributed by atoms with Crippen LogP contribution in [0, 0.1) is 0 Å². The Morgan fingerprint density at radius 2 is 2.19 bits per heavy atom. The predicted octanol–water partition coefficient (Wildman–Crippen LogP) is 0.951. The monoisotopic (exact) mass is 373 g/mol. The van der Waals surface area contributed by atoms with Crippen LogP contribution in [-0.2, 0) is 16.0 Å². The van der Waals surface area contributed by atoms with Gasteiger partial charge in [-0.05, 0) is 25.5 Å². The van der Waals surface area contributed by atoms with Gasteiger partial charge in [0, 0.05) is 32.0 Å². The van der Waals surface area contributed by atoms with Gasteiger partial charge in [0.05, 0.1) is 18.1 Å². The van der Waals surface area contributed by atoms with Crippen molar-refractivity contribution in [1.29, 1.82) is 0 Å². The van der Waals surface area contributed by atoms with Crippen molar-refractivity contribution >= 4 is 28.9 Å². The molecule has 9 heteroatoms. The molecule has 9 nitrogen and oxygen atoms in total. The Morgan fingerprint density at radius 3 is 2.93 bits per heavy atom. The van der Waals surface area contributed by atoms with Gasteiger partial charge >= 0.3 is 6.03 Å². The molecule has 3 N–H and O–H groups in total. The topological polar surface area (TPSA) is 116 Å². The minimum Gasteiger partial charge on any atom is -0.497 e. The van der Waals surface area contributed by atoms with Gasteiger partial charge in [0.1, 0.15) is 17.6 Å². The molecule has 27 heavy (non-hydrogen) atoms. The van der Waals surface area contributed by atoms with Gasteiger partial charge < -0.3 is 19.9 Å². The number of amides is 4. The lowest BCUT2D eigenvalue weighted by atomic mass is 10.1. The van der Waals surface area contributed by atoms with Crippen molar-refractivity contribution < 1.29 is 19.1 Å². The van der Waals surface area contributed by atoms with E-state index in [1.807, 2.05) is 25.1 Å². The molecule has 0 radical (unpaired) electrons. The number of urea groups is 1. The third-order valence-electron chi connectivity index (χ3n) is 4.57. The van der Waals surface area contributed by atoms with E-state index in [4.69, 9.17) is 4.74 Å². The summed E-state index contributed by atoms with van der Waals surface area (Å²) in [7, 11) is 1.61. The van der Waals surface area contributed by atoms with Crippen molar-refractivity contribution in [2.24, 2.45) is 0 Å². The second-order valence-corrected chi connectivity index (χ2v) is 6.35. The summed E-state index contributed by atoms with van der Waals surface area (Å²) in [5.74, 6) is 0.949. The highest BCUT2D eigenvalue weighted by Gasteiger charge is 2.29. The quantitative estimate of drug-likeness (QED) is 0.697. The van der Waals surface area contributed by atoms with Gasteiger partial charge in [0.25, 0.3) is 0 Å². The van der Waals surface area contributed by atoms with Gasteiger partial charge in [-0.2, -0.15) is 0 Å². The van der Waals surface area contributed by atoms with Gasteiger partial charge in [0.2, 0.25) is 11.8 Å². The average Bonchev–Trinajstić information content (AvgIpc) is 2.98. The number of ether oxygens (including phenoxy) is 1. The molecule has 144 valence electrons. The van der Waals surface area contributed by atoms with Crippen LogP contribution in [0.2, 0.25) is 0 Å². The third-order valence-corrected chi connectivity index (χ3v) is 4.57. The van der Waals surface area contributed by atoms with E-state index in [1.54, 1.807) is 12.0 Å². The lowest BCUT2D eigenvalue weighted by molar-refractivity contribution is -0.133. The van der Waals surface area contributed by atoms with Crippen molar-refractivity contribution in [2.75, 3.05) is 20.2 Å². The van der Waals surface area contributed by atoms with Crippen molar-refractivity contribution in [2.45, 2.75) is 32.2 Å². The molecule has 2 heterocycles. The first kappa shape index (κ1) is 18.7. The fourth-order valence-corrected chi connectivity index (χ4v) is 3.09. The minimum atomic E-state index is -0.698. The zero-order chi connectivity index (χ0) is 19.4. The summed E-state index contributed by atoms with van der Waals surface area (Å²) < 4.78 is 5.21. The molecule has 1 aliphatic rings. The number of likely N-dealkylation sites (N-methyl/N-ethyl adjacent to an activating group) is 1. The molecular formula is C18H23N5O4. The highest BCUT2D eigenvalue weighted by Crippen LogP contribution is 2.19. The number of carbonyl (C=O) groups is 3. The van der Waals surface area contributed by atoms with E-state index in [-0.39, 0.29) is 24.7 Å². The van der Waals surface area contributed by atoms with Crippen LogP contribution in [0.1, 0.15) is 25.6 Å². The summed E-state index contributed by atoms with van der Waals surface area (Å²) in [6.07, 6.45) is 0.976. The number of methoxy groups -OCH3 is 1. The van der Waals surface area contributed by atoms with Crippen LogP contribution >= 0.6 is 0 Å². The van der Waals surface area contributed by atoms with Gasteiger partial charge in [-0.1, -0.05) is 0 Å². The molecule has 0 spiro atoms. The van der Waals surface area contributed by atoms with Crippen LogP contribution in [0.4, 0.5) is 4.79 Å². The first-order valence-corrected chi connectivity index (χ1v) is 8.92. The number of benzene rings is 1. The smallest absolute Gasteiger partial charge is 0.322 e. The van der Waals surface area contributed by atoms with Crippen molar-refractivity contribution in [3.63, 3.8) is 0 Å². The Hall–Kier alpha value is -3.10. The molecule has 0 saturated carbocycles. The summed E-state index contributed by atoms with van der Waals surface area (Å²) in [6.45, 7) is 2.84. The number of nitrogens with one attached hydrogen (secondary N) is 3. The number of carbonyl (C=O) groups excluding carboxylic acids is 3. The average molecular weight is 373 g/mol. The van der Waals surface area contributed by atoms with E-state index in [9.17, 15) is 14.4 Å². The number of H-pyrrole nitrogens is 1. The van der Waals surface area contributed by atoms with E-state index in [0.717, 1.165) is 22.6 Å². The van der Waals surface area contributed by atoms with Gasteiger partial charge in [-0.15, -0.1) is 0 Å². The number of imidazole rings is 1. The summed E-state index contributed by atoms with van der Waals surface area (Å²) in [5, 5.41) is 4.74. The number of rotatable bonds is 6. The summed E-state index contributed by atoms with van der Waals surface area (Å²) >= 11 is 0. The van der Waals surface area contributed by atoms with E-state index < -0.39 is 12.1 Å². The Morgan fingerprint density at radius 1 is 1.37 bits per heavy atom. The number of aromatic amines is 1. The fourth-order valence-electron chi connectivity index (χ4n) is 3.09. The zero-order valence-electron chi connectivity index (χ0n) is 15.4. The molecular weight excluding hydrogens is 350 g/mol. The number of hydrogen-bond donors (Lipinski definition) is 3. The second-order valence-electron chi connectivity index (χ2n) is 6.35. The SMILES string of the molecule is CCN(CCc1nc2ccc(OC)cc2[nH]1)C(=O)[C@H]1CCC(=O)NC(=O)N1. The Bertz CT molecular complexity index is 863. The Labute approximate surface area is 156 Å². The summed E-state index contributed by atoms with van der Waals surface area (Å²) in [4.78, 5) is 45.2. The molecule has 1 aliphatic heterocycles. The fraction of sp³-hybridized carbons (Fsp3) is 0.444. The number of imide groups is 1. The van der Waals surface area contributed by atoms with Crippen molar-refractivity contribution in [3.05, 3.63) is 24.0 Å². The van der Waals surface area contributed by atoms with Crippen LogP contribution < -0.4 is 15.4 Å². The first-order chi connectivity index (χ1) is 13.0. The number of aromatic nitrogens is 2. The lowest BCUT2D eigenvalue weighted by Gasteiger charge is -2.25. The standard InChI is InChI=1S/C18H23N5O4/c1-3-23(17(25)13-6-7-16(24)22-18(26)21-13)9-8-15-19-12-5-4-11(27-2)10-14(12)20-15/h4-5,10,13H,3,6-9H2,1-2H3,(H,19,20)(H2,21,22,24,26)/t13-/m1/s1. The molecule has 0 unspecified atom stereocenters. The summed E-state index contributed by atoms with van der Waals surface area (Å²) in [5.41, 5.74) is 1.71. The molecule has 3 rings (SSSR count). The molecule has 1 aromatic heterocycles. The molecule has 0 aliphatic carbocycles. The van der Waals surface area contributed by atoms with Crippen LogP contribution in [0.5, 0.6) is 5.75 Å². The van der Waals surface area contributed by atoms with Crippen LogP contribution in [0.3, 0.4) is 0 Å². The van der Waals surface area contributed by atoms with E-state index in [2.05, 4.69) is 20.6 Å². The van der Waals surface area contributed by atoms with Gasteiger partial charge in [-0.25, -0.2) is 9.78 Å². The van der Waals surface area contributed by atoms with E-state index in [0.29, 0.717) is 19.5 Å². The maximum atomic E-state index is 12.7. The van der Waals surface area contributed by atoms with E-state index in [1.165, 1.54) is 0 Å². The van der Waals surface area contributed by atoms with E-state index >= 15 is 0 Å². The Balaban J connectivity index is 1.65. The van der Waals surface area contributed by atoms with Crippen LogP contribution in [-0.4, -0.2) is 59.0 Å². The van der Waals surface area contributed by atoms with Crippen molar-refractivity contribution in [3.8, 4) is 5.75 Å². The van der Waals surface area contributed by atoms with Crippen LogP contribution in [0.15, 0.2) is 18.2 Å².